The van der Waals surface area contributed by atoms with E-state index >= 15 is 0 Å². The number of amides is 1. The Kier molecular flexibility index (Phi) is 7.28. The Hall–Kier alpha value is -2.01. The Morgan fingerprint density at radius 2 is 1.94 bits per heavy atom. The normalized spacial score (nSPS) is 27.7. The van der Waals surface area contributed by atoms with Gasteiger partial charge < -0.3 is 5.32 Å². The molecule has 3 atom stereocenters. The van der Waals surface area contributed by atoms with Crippen molar-refractivity contribution >= 4 is 23.6 Å². The highest BCUT2D eigenvalue weighted by Gasteiger charge is 2.50. The predicted octanol–water partition coefficient (Wildman–Crippen LogP) is 5.01. The molecule has 2 N–H and O–H groups in total. The third-order valence-electron chi connectivity index (χ3n) is 5.48. The number of allylic oxidation sites excluding steroid dienone is 5. The van der Waals surface area contributed by atoms with Gasteiger partial charge in [0.1, 0.15) is 11.0 Å². The minimum absolute atomic E-state index is 0.172. The quantitative estimate of drug-likeness (QED) is 0.245. The van der Waals surface area contributed by atoms with Gasteiger partial charge >= 0.3 is 12.4 Å². The molecule has 0 aromatic carbocycles. The minimum atomic E-state index is -4.74. The fraction of sp³-hybridized carbons (Fsp3) is 0.429. The van der Waals surface area contributed by atoms with Crippen molar-refractivity contribution in [1.29, 1.82) is 0 Å². The van der Waals surface area contributed by atoms with E-state index in [-0.39, 0.29) is 30.0 Å². The summed E-state index contributed by atoms with van der Waals surface area (Å²) < 4.78 is 80.6. The Morgan fingerprint density at radius 3 is 2.41 bits per heavy atom. The first kappa shape index (κ1) is 24.6. The number of alkyl halides is 6. The second-order valence-corrected chi connectivity index (χ2v) is 8.63. The molecule has 2 fully saturated rings. The average molecular weight is 477 g/mol. The molecule has 2 radical (unpaired) electrons. The summed E-state index contributed by atoms with van der Waals surface area (Å²) in [5, 5.41) is 1.82. The zero-order valence-electron chi connectivity index (χ0n) is 16.8. The molecule has 3 rings (SSSR count). The van der Waals surface area contributed by atoms with Gasteiger partial charge in [0, 0.05) is 29.7 Å². The molecular weight excluding hydrogens is 456 g/mol. The summed E-state index contributed by atoms with van der Waals surface area (Å²) in [6.07, 6.45) is -1.94. The molecule has 11 heteroatoms. The fourth-order valence-corrected chi connectivity index (χ4v) is 5.01. The molecule has 174 valence electrons. The van der Waals surface area contributed by atoms with Crippen LogP contribution in [0.4, 0.5) is 26.3 Å². The van der Waals surface area contributed by atoms with E-state index in [1.807, 2.05) is 0 Å². The monoisotopic (exact) mass is 477 g/mol. The van der Waals surface area contributed by atoms with Crippen molar-refractivity contribution < 1.29 is 31.1 Å². The van der Waals surface area contributed by atoms with Crippen LogP contribution in [-0.2, 0) is 4.79 Å². The molecule has 32 heavy (non-hydrogen) atoms. The summed E-state index contributed by atoms with van der Waals surface area (Å²) in [7, 11) is 2.90. The van der Waals surface area contributed by atoms with Crippen LogP contribution in [0, 0.1) is 25.3 Å². The molecule has 0 bridgehead atoms. The minimum Gasteiger partial charge on any atom is -0.325 e. The van der Waals surface area contributed by atoms with E-state index in [9.17, 15) is 31.1 Å². The van der Waals surface area contributed by atoms with Crippen molar-refractivity contribution in [3.05, 3.63) is 61.2 Å². The smallest absolute Gasteiger partial charge is 0.325 e. The van der Waals surface area contributed by atoms with Gasteiger partial charge in [0.05, 0.1) is 7.05 Å². The maximum Gasteiger partial charge on any atom is 0.432 e. The van der Waals surface area contributed by atoms with Crippen LogP contribution < -0.4 is 10.0 Å². The number of hydrogen-bond donors (Lipinski definition) is 2. The number of halogens is 6. The van der Waals surface area contributed by atoms with Gasteiger partial charge in [0.2, 0.25) is 5.91 Å². The highest BCUT2D eigenvalue weighted by molar-refractivity contribution is 7.99. The number of hydrogen-bond acceptors (Lipinski definition) is 4. The number of nitrogens with one attached hydrogen (secondary N) is 2. The van der Waals surface area contributed by atoms with Crippen molar-refractivity contribution in [3.8, 4) is 0 Å². The number of nitrogens with zero attached hydrogens (tertiary/aromatic N) is 1. The summed E-state index contributed by atoms with van der Waals surface area (Å²) in [5.41, 5.74) is -1.41. The molecule has 3 aliphatic rings. The van der Waals surface area contributed by atoms with Crippen molar-refractivity contribution in [2.75, 3.05) is 0 Å². The van der Waals surface area contributed by atoms with E-state index in [1.54, 1.807) is 0 Å². The lowest BCUT2D eigenvalue weighted by Gasteiger charge is -2.26. The molecule has 1 aliphatic heterocycles. The zero-order chi connectivity index (χ0) is 23.7. The van der Waals surface area contributed by atoms with E-state index < -0.39 is 34.8 Å². The SMILES string of the molecule is [CH2]N=C(/C=C(\C=C)NC(=O)C1SNC(C2=CCC(C(F)(F)F)=C[CH]2)C1C1CC1)C(F)(F)F. The van der Waals surface area contributed by atoms with Gasteiger partial charge in [-0.2, -0.15) is 26.3 Å². The van der Waals surface area contributed by atoms with Gasteiger partial charge in [-0.3, -0.25) is 14.5 Å². The van der Waals surface area contributed by atoms with Gasteiger partial charge in [-0.1, -0.05) is 30.7 Å². The van der Waals surface area contributed by atoms with Gasteiger partial charge in [-0.25, -0.2) is 0 Å². The molecule has 3 unspecified atom stereocenters. The Morgan fingerprint density at radius 1 is 1.25 bits per heavy atom. The van der Waals surface area contributed by atoms with Gasteiger partial charge in [0.25, 0.3) is 0 Å². The second kappa shape index (κ2) is 9.46. The van der Waals surface area contributed by atoms with Crippen LogP contribution in [0.2, 0.25) is 0 Å². The lowest BCUT2D eigenvalue weighted by Crippen LogP contribution is -2.40. The summed E-state index contributed by atoms with van der Waals surface area (Å²) in [6.45, 7) is 3.43. The maximum atomic E-state index is 12.9. The Bertz CT molecular complexity index is 883. The molecule has 0 aromatic rings. The predicted molar refractivity (Wildman–Crippen MR) is 111 cm³/mol. The lowest BCUT2D eigenvalue weighted by molar-refractivity contribution is -0.120. The topological polar surface area (TPSA) is 53.5 Å². The molecule has 2 aliphatic carbocycles. The van der Waals surface area contributed by atoms with Gasteiger partial charge in [0.15, 0.2) is 0 Å². The first-order valence-electron chi connectivity index (χ1n) is 9.74. The van der Waals surface area contributed by atoms with E-state index in [0.29, 0.717) is 11.6 Å². The third kappa shape index (κ3) is 5.67. The molecule has 0 spiro atoms. The summed E-state index contributed by atoms with van der Waals surface area (Å²) >= 11 is 1.13. The summed E-state index contributed by atoms with van der Waals surface area (Å²) in [5.74, 6) is -0.525. The van der Waals surface area contributed by atoms with E-state index in [0.717, 1.165) is 36.9 Å². The van der Waals surface area contributed by atoms with Crippen molar-refractivity contribution in [2.24, 2.45) is 16.8 Å². The van der Waals surface area contributed by atoms with E-state index in [4.69, 9.17) is 0 Å². The van der Waals surface area contributed by atoms with Crippen LogP contribution in [0.15, 0.2) is 52.7 Å². The Labute approximate surface area is 186 Å². The largest absolute Gasteiger partial charge is 0.432 e. The van der Waals surface area contributed by atoms with E-state index in [1.165, 1.54) is 12.5 Å². The van der Waals surface area contributed by atoms with Crippen LogP contribution in [-0.4, -0.2) is 35.3 Å². The molecule has 1 amide bonds. The standard InChI is InChI=1S/C21H21F6N3OS/c1-3-14(10-15(28-2)21(25,26)27)29-19(31)18-16(11-4-5-11)17(30-32-18)12-6-8-13(9-7-12)20(22,23)24/h3,6-8,10-11,16-18,30H,1-2,4-5,9H2,(H,29,31)/b14-10+,28-15?. The second-order valence-electron chi connectivity index (χ2n) is 7.65. The van der Waals surface area contributed by atoms with Gasteiger partial charge in [-0.05, 0) is 42.9 Å². The molecular formula is C21H21F6N3OS. The molecule has 1 heterocycles. The lowest BCUT2D eigenvalue weighted by atomic mass is 9.82. The maximum absolute atomic E-state index is 12.9. The zero-order valence-corrected chi connectivity index (χ0v) is 17.6. The van der Waals surface area contributed by atoms with Crippen LogP contribution in [0.5, 0.6) is 0 Å². The molecule has 1 saturated heterocycles. The van der Waals surface area contributed by atoms with Crippen LogP contribution in [0.25, 0.3) is 0 Å². The highest BCUT2D eigenvalue weighted by atomic mass is 32.2. The van der Waals surface area contributed by atoms with Crippen LogP contribution >= 0.6 is 11.9 Å². The summed E-state index contributed by atoms with van der Waals surface area (Å²) in [4.78, 5) is 15.9. The third-order valence-corrected chi connectivity index (χ3v) is 6.65. The first-order chi connectivity index (χ1) is 15.0. The van der Waals surface area contributed by atoms with Crippen molar-refractivity contribution in [1.82, 2.24) is 10.0 Å². The van der Waals surface area contributed by atoms with Crippen molar-refractivity contribution in [3.63, 3.8) is 0 Å². The Balaban J connectivity index is 1.73. The molecule has 1 saturated carbocycles. The van der Waals surface area contributed by atoms with E-state index in [2.05, 4.69) is 28.7 Å². The summed E-state index contributed by atoms with van der Waals surface area (Å²) in [6, 6.07) is -0.336. The highest BCUT2D eigenvalue weighted by Crippen LogP contribution is 2.49. The fourth-order valence-electron chi connectivity index (χ4n) is 3.72. The average Bonchev–Trinajstić information content (AvgIpc) is 3.47. The molecule has 4 nitrogen and oxygen atoms in total. The first-order valence-corrected chi connectivity index (χ1v) is 10.6. The molecule has 0 aromatic heterocycles. The van der Waals surface area contributed by atoms with Crippen LogP contribution in [0.1, 0.15) is 19.3 Å². The number of rotatable bonds is 6. The number of carbonyl (C=O) groups is 1. The number of carbonyl (C=O) groups excluding carboxylic acids is 1. The number of aliphatic imine (C=N–C) groups is 1. The van der Waals surface area contributed by atoms with Gasteiger partial charge in [-0.15, -0.1) is 0 Å². The van der Waals surface area contributed by atoms with Crippen molar-refractivity contribution in [2.45, 2.75) is 42.9 Å². The van der Waals surface area contributed by atoms with Crippen LogP contribution in [0.3, 0.4) is 0 Å².